The number of halogens is 1. The maximum atomic E-state index is 4.40. The molecular weight excluding hydrogens is 226 g/mol. The molecule has 0 amide bonds. The van der Waals surface area contributed by atoms with Crippen LogP contribution in [0.1, 0.15) is 12.5 Å². The minimum absolute atomic E-state index is 0.919. The summed E-state index contributed by atoms with van der Waals surface area (Å²) < 4.78 is 0.919. The number of aromatic nitrogens is 1. The highest BCUT2D eigenvalue weighted by molar-refractivity contribution is 9.10. The topological polar surface area (TPSA) is 12.9 Å². The van der Waals surface area contributed by atoms with Crippen LogP contribution >= 0.6 is 15.9 Å². The number of benzene rings is 1. The van der Waals surface area contributed by atoms with Gasteiger partial charge in [-0.1, -0.05) is 25.1 Å². The van der Waals surface area contributed by atoms with Crippen molar-refractivity contribution in [1.82, 2.24) is 4.98 Å². The SMILES string of the molecule is CCc1cc(Br)nc2ccccc12. The normalized spacial score (nSPS) is 10.6. The quantitative estimate of drug-likeness (QED) is 0.690. The lowest BCUT2D eigenvalue weighted by Crippen LogP contribution is -1.87. The molecule has 2 aromatic rings. The smallest absolute Gasteiger partial charge is 0.107 e. The van der Waals surface area contributed by atoms with Gasteiger partial charge in [0.15, 0.2) is 0 Å². The number of hydrogen-bond acceptors (Lipinski definition) is 1. The second-order valence-electron chi connectivity index (χ2n) is 2.97. The van der Waals surface area contributed by atoms with E-state index >= 15 is 0 Å². The molecule has 2 rings (SSSR count). The third kappa shape index (κ3) is 1.59. The van der Waals surface area contributed by atoms with Crippen molar-refractivity contribution < 1.29 is 0 Å². The molecule has 1 heterocycles. The molecule has 1 aromatic heterocycles. The zero-order chi connectivity index (χ0) is 9.26. The first-order chi connectivity index (χ1) is 6.31. The van der Waals surface area contributed by atoms with Gasteiger partial charge in [0.2, 0.25) is 0 Å². The zero-order valence-electron chi connectivity index (χ0n) is 7.42. The van der Waals surface area contributed by atoms with Crippen molar-refractivity contribution in [1.29, 1.82) is 0 Å². The second-order valence-corrected chi connectivity index (χ2v) is 3.79. The van der Waals surface area contributed by atoms with E-state index in [9.17, 15) is 0 Å². The van der Waals surface area contributed by atoms with Gasteiger partial charge in [-0.15, -0.1) is 0 Å². The van der Waals surface area contributed by atoms with Crippen LogP contribution in [0.2, 0.25) is 0 Å². The van der Waals surface area contributed by atoms with Gasteiger partial charge in [0.05, 0.1) is 5.52 Å². The van der Waals surface area contributed by atoms with Gasteiger partial charge in [0, 0.05) is 5.39 Å². The molecule has 0 fully saturated rings. The number of pyridine rings is 1. The van der Waals surface area contributed by atoms with Gasteiger partial charge in [0.25, 0.3) is 0 Å². The molecule has 0 unspecified atom stereocenters. The summed E-state index contributed by atoms with van der Waals surface area (Å²) in [6, 6.07) is 10.3. The Bertz CT molecular complexity index is 437. The molecule has 0 saturated heterocycles. The monoisotopic (exact) mass is 235 g/mol. The van der Waals surface area contributed by atoms with Crippen LogP contribution in [0, 0.1) is 0 Å². The van der Waals surface area contributed by atoms with Gasteiger partial charge < -0.3 is 0 Å². The van der Waals surface area contributed by atoms with Crippen molar-refractivity contribution in [2.45, 2.75) is 13.3 Å². The predicted molar refractivity (Wildman–Crippen MR) is 58.8 cm³/mol. The van der Waals surface area contributed by atoms with Crippen molar-refractivity contribution in [2.75, 3.05) is 0 Å². The molecule has 0 aliphatic rings. The Morgan fingerprint density at radius 3 is 2.85 bits per heavy atom. The summed E-state index contributed by atoms with van der Waals surface area (Å²) in [6.07, 6.45) is 1.04. The van der Waals surface area contributed by atoms with E-state index in [0.717, 1.165) is 16.5 Å². The summed E-state index contributed by atoms with van der Waals surface area (Å²) in [5.74, 6) is 0. The van der Waals surface area contributed by atoms with E-state index in [1.165, 1.54) is 10.9 Å². The molecule has 0 N–H and O–H groups in total. The van der Waals surface area contributed by atoms with E-state index in [-0.39, 0.29) is 0 Å². The van der Waals surface area contributed by atoms with Crippen molar-refractivity contribution >= 4 is 26.8 Å². The van der Waals surface area contributed by atoms with Crippen LogP contribution in [0.25, 0.3) is 10.9 Å². The van der Waals surface area contributed by atoms with Crippen LogP contribution in [0.3, 0.4) is 0 Å². The second kappa shape index (κ2) is 3.46. The van der Waals surface area contributed by atoms with E-state index in [2.05, 4.69) is 46.0 Å². The molecule has 0 atom stereocenters. The summed E-state index contributed by atoms with van der Waals surface area (Å²) in [7, 11) is 0. The van der Waals surface area contributed by atoms with Crippen LogP contribution in [0.15, 0.2) is 34.9 Å². The molecule has 0 radical (unpaired) electrons. The molecule has 0 saturated carbocycles. The van der Waals surface area contributed by atoms with Gasteiger partial charge in [-0.3, -0.25) is 0 Å². The van der Waals surface area contributed by atoms with Crippen molar-refractivity contribution in [3.8, 4) is 0 Å². The van der Waals surface area contributed by atoms with Crippen LogP contribution in [-0.2, 0) is 6.42 Å². The predicted octanol–water partition coefficient (Wildman–Crippen LogP) is 3.56. The van der Waals surface area contributed by atoms with E-state index in [1.807, 2.05) is 12.1 Å². The first kappa shape index (κ1) is 8.70. The number of rotatable bonds is 1. The maximum Gasteiger partial charge on any atom is 0.107 e. The highest BCUT2D eigenvalue weighted by atomic mass is 79.9. The van der Waals surface area contributed by atoms with E-state index < -0.39 is 0 Å². The van der Waals surface area contributed by atoms with Gasteiger partial charge in [-0.05, 0) is 40.0 Å². The molecule has 1 nitrogen and oxygen atoms in total. The summed E-state index contributed by atoms with van der Waals surface area (Å²) in [5, 5.41) is 1.26. The molecule has 13 heavy (non-hydrogen) atoms. The van der Waals surface area contributed by atoms with Crippen molar-refractivity contribution in [3.05, 3.63) is 40.5 Å². The van der Waals surface area contributed by atoms with Crippen molar-refractivity contribution in [3.63, 3.8) is 0 Å². The van der Waals surface area contributed by atoms with Crippen LogP contribution in [0.5, 0.6) is 0 Å². The summed E-state index contributed by atoms with van der Waals surface area (Å²) in [4.78, 5) is 4.40. The summed E-state index contributed by atoms with van der Waals surface area (Å²) in [6.45, 7) is 2.16. The third-order valence-corrected chi connectivity index (χ3v) is 2.56. The molecule has 66 valence electrons. The molecule has 0 aliphatic heterocycles. The van der Waals surface area contributed by atoms with Gasteiger partial charge in [-0.25, -0.2) is 4.98 Å². The minimum Gasteiger partial charge on any atom is -0.241 e. The van der Waals surface area contributed by atoms with Gasteiger partial charge >= 0.3 is 0 Å². The average molecular weight is 236 g/mol. The number of para-hydroxylation sites is 1. The molecule has 2 heteroatoms. The van der Waals surface area contributed by atoms with Gasteiger partial charge in [-0.2, -0.15) is 0 Å². The molecule has 0 spiro atoms. The minimum atomic E-state index is 0.919. The van der Waals surface area contributed by atoms with E-state index in [4.69, 9.17) is 0 Å². The number of hydrogen-bond donors (Lipinski definition) is 0. The van der Waals surface area contributed by atoms with Crippen LogP contribution in [-0.4, -0.2) is 4.98 Å². The first-order valence-electron chi connectivity index (χ1n) is 4.35. The van der Waals surface area contributed by atoms with Crippen LogP contribution in [0.4, 0.5) is 0 Å². The fourth-order valence-electron chi connectivity index (χ4n) is 1.50. The lowest BCUT2D eigenvalue weighted by Gasteiger charge is -2.03. The number of aryl methyl sites for hydroxylation is 1. The Morgan fingerprint density at radius 2 is 2.08 bits per heavy atom. The third-order valence-electron chi connectivity index (χ3n) is 2.15. The fourth-order valence-corrected chi connectivity index (χ4v) is 1.97. The fraction of sp³-hybridized carbons (Fsp3) is 0.182. The number of fused-ring (bicyclic) bond motifs is 1. The summed E-state index contributed by atoms with van der Waals surface area (Å²) in [5.41, 5.74) is 2.41. The standard InChI is InChI=1S/C11H10BrN/c1-2-8-7-11(12)13-10-6-4-3-5-9(8)10/h3-7H,2H2,1H3. The Kier molecular flexibility index (Phi) is 2.32. The average Bonchev–Trinajstić information content (AvgIpc) is 2.16. The molecule has 0 bridgehead atoms. The first-order valence-corrected chi connectivity index (χ1v) is 5.14. The molecular formula is C11H10BrN. The van der Waals surface area contributed by atoms with E-state index in [1.54, 1.807) is 0 Å². The zero-order valence-corrected chi connectivity index (χ0v) is 9.01. The Balaban J connectivity index is 2.81. The number of nitrogens with zero attached hydrogens (tertiary/aromatic N) is 1. The lowest BCUT2D eigenvalue weighted by molar-refractivity contribution is 1.14. The van der Waals surface area contributed by atoms with Crippen molar-refractivity contribution in [2.24, 2.45) is 0 Å². The summed E-state index contributed by atoms with van der Waals surface area (Å²) >= 11 is 3.41. The Morgan fingerprint density at radius 1 is 1.31 bits per heavy atom. The Hall–Kier alpha value is -0.890. The Labute approximate surface area is 85.9 Å². The highest BCUT2D eigenvalue weighted by Crippen LogP contribution is 2.21. The van der Waals surface area contributed by atoms with Gasteiger partial charge in [0.1, 0.15) is 4.60 Å². The molecule has 0 aliphatic carbocycles. The lowest BCUT2D eigenvalue weighted by atomic mass is 10.1. The molecule has 1 aromatic carbocycles. The highest BCUT2D eigenvalue weighted by Gasteiger charge is 2.01. The van der Waals surface area contributed by atoms with E-state index in [0.29, 0.717) is 0 Å². The van der Waals surface area contributed by atoms with Crippen LogP contribution < -0.4 is 0 Å². The largest absolute Gasteiger partial charge is 0.241 e. The maximum absolute atomic E-state index is 4.40.